The molecule has 2 heterocycles. The van der Waals surface area contributed by atoms with Gasteiger partial charge in [0.1, 0.15) is 6.29 Å². The summed E-state index contributed by atoms with van der Waals surface area (Å²) in [5.41, 5.74) is 0. The molecule has 0 amide bonds. The summed E-state index contributed by atoms with van der Waals surface area (Å²) >= 11 is 0. The van der Waals surface area contributed by atoms with Gasteiger partial charge < -0.3 is 14.3 Å². The van der Waals surface area contributed by atoms with Crippen LogP contribution in [0.1, 0.15) is 58.3 Å². The third kappa shape index (κ3) is 3.33. The lowest BCUT2D eigenvalue weighted by atomic mass is 9.84. The number of rotatable bonds is 9. The number of unbranched alkanes of at least 4 members (excludes halogenated alkanes) is 4. The zero-order chi connectivity index (χ0) is 12.8. The molecule has 18 heavy (non-hydrogen) atoms. The van der Waals surface area contributed by atoms with Crippen LogP contribution in [0.15, 0.2) is 0 Å². The average Bonchev–Trinajstić information content (AvgIpc) is 2.96. The predicted molar refractivity (Wildman–Crippen MR) is 70.6 cm³/mol. The number of hydrogen-bond acceptors (Lipinski definition) is 3. The van der Waals surface area contributed by atoms with E-state index in [1.807, 2.05) is 0 Å². The van der Waals surface area contributed by atoms with Gasteiger partial charge in [-0.25, -0.2) is 0 Å². The Kier molecular flexibility index (Phi) is 5.64. The minimum Gasteiger partial charge on any atom is -0.375 e. The van der Waals surface area contributed by atoms with Gasteiger partial charge in [0.2, 0.25) is 0 Å². The molecule has 0 radical (unpaired) electrons. The highest BCUT2D eigenvalue weighted by molar-refractivity contribution is 5.50. The molecule has 0 aliphatic carbocycles. The maximum Gasteiger partial charge on any atom is 0.120 e. The number of ether oxygens (including phenoxy) is 2. The van der Waals surface area contributed by atoms with E-state index in [1.165, 1.54) is 25.7 Å². The summed E-state index contributed by atoms with van der Waals surface area (Å²) in [5.74, 6) is 0.317. The first-order valence-corrected chi connectivity index (χ1v) is 7.57. The highest BCUT2D eigenvalue weighted by atomic mass is 16.6. The molecule has 104 valence electrons. The molecule has 2 aliphatic rings. The minimum atomic E-state index is 0.181. The van der Waals surface area contributed by atoms with E-state index in [4.69, 9.17) is 9.47 Å². The van der Waals surface area contributed by atoms with Crippen LogP contribution in [0.4, 0.5) is 0 Å². The van der Waals surface area contributed by atoms with Gasteiger partial charge in [0.05, 0.1) is 18.3 Å². The van der Waals surface area contributed by atoms with Gasteiger partial charge in [0, 0.05) is 18.9 Å². The van der Waals surface area contributed by atoms with Crippen molar-refractivity contribution in [2.45, 2.75) is 76.6 Å². The van der Waals surface area contributed by atoms with E-state index in [1.54, 1.807) is 0 Å². The smallest absolute Gasteiger partial charge is 0.120 e. The van der Waals surface area contributed by atoms with Crippen LogP contribution in [-0.4, -0.2) is 31.2 Å². The lowest BCUT2D eigenvalue weighted by molar-refractivity contribution is -0.110. The summed E-state index contributed by atoms with van der Waals surface area (Å²) in [6, 6.07) is 0. The zero-order valence-corrected chi connectivity index (χ0v) is 11.5. The average molecular weight is 254 g/mol. The molecule has 3 heteroatoms. The summed E-state index contributed by atoms with van der Waals surface area (Å²) in [4.78, 5) is 10.7. The second-order valence-corrected chi connectivity index (χ2v) is 5.61. The Hall–Kier alpha value is -0.410. The van der Waals surface area contributed by atoms with Gasteiger partial charge in [-0.1, -0.05) is 32.6 Å². The molecule has 0 spiro atoms. The van der Waals surface area contributed by atoms with Gasteiger partial charge in [-0.3, -0.25) is 0 Å². The van der Waals surface area contributed by atoms with Crippen LogP contribution in [0.2, 0.25) is 0 Å². The van der Waals surface area contributed by atoms with Gasteiger partial charge in [0.15, 0.2) is 0 Å². The van der Waals surface area contributed by atoms with Crippen molar-refractivity contribution in [2.75, 3.05) is 6.61 Å². The van der Waals surface area contributed by atoms with Crippen LogP contribution in [0, 0.1) is 5.92 Å². The molecule has 0 saturated carbocycles. The third-order valence-corrected chi connectivity index (χ3v) is 4.28. The Balaban J connectivity index is 1.66. The van der Waals surface area contributed by atoms with E-state index in [9.17, 15) is 4.79 Å². The molecule has 2 saturated heterocycles. The van der Waals surface area contributed by atoms with Crippen molar-refractivity contribution >= 4 is 6.29 Å². The molecule has 0 N–H and O–H groups in total. The molecule has 0 aromatic heterocycles. The molecule has 2 fully saturated rings. The molecule has 0 aromatic carbocycles. The molecule has 2 aliphatic heterocycles. The maximum atomic E-state index is 10.7. The van der Waals surface area contributed by atoms with E-state index in [-0.39, 0.29) is 18.3 Å². The standard InChI is InChI=1S/C15H26O3/c1-2-3-4-5-6-11-17-15-12(9-10-16)13-7-8-14(15)18-13/h10,12-15H,2-9,11H2,1H3/t12-,13-,14+,15+/m1/s1. The molecular weight excluding hydrogens is 228 g/mol. The summed E-state index contributed by atoms with van der Waals surface area (Å²) in [5, 5.41) is 0. The fourth-order valence-corrected chi connectivity index (χ4v) is 3.29. The number of hydrogen-bond donors (Lipinski definition) is 0. The number of fused-ring (bicyclic) bond motifs is 2. The fourth-order valence-electron chi connectivity index (χ4n) is 3.29. The highest BCUT2D eigenvalue weighted by Crippen LogP contribution is 2.42. The van der Waals surface area contributed by atoms with Crippen molar-refractivity contribution in [2.24, 2.45) is 5.92 Å². The van der Waals surface area contributed by atoms with Gasteiger partial charge in [0.25, 0.3) is 0 Å². The van der Waals surface area contributed by atoms with Crippen LogP contribution in [0.3, 0.4) is 0 Å². The highest BCUT2D eigenvalue weighted by Gasteiger charge is 2.49. The number of aldehydes is 1. The Morgan fingerprint density at radius 1 is 1.17 bits per heavy atom. The van der Waals surface area contributed by atoms with E-state index >= 15 is 0 Å². The summed E-state index contributed by atoms with van der Waals surface area (Å²) in [6.07, 6.45) is 10.9. The molecule has 0 unspecified atom stereocenters. The maximum absolute atomic E-state index is 10.7. The van der Waals surface area contributed by atoms with Crippen LogP contribution >= 0.6 is 0 Å². The topological polar surface area (TPSA) is 35.5 Å². The van der Waals surface area contributed by atoms with Gasteiger partial charge in [-0.2, -0.15) is 0 Å². The molecule has 4 atom stereocenters. The van der Waals surface area contributed by atoms with Crippen LogP contribution in [-0.2, 0) is 14.3 Å². The first-order chi connectivity index (χ1) is 8.86. The van der Waals surface area contributed by atoms with Crippen molar-refractivity contribution < 1.29 is 14.3 Å². The SMILES string of the molecule is CCCCCCCO[C@H]1[C@H](CC=O)[C@H]2CC[C@@H]1O2. The third-order valence-electron chi connectivity index (χ3n) is 4.28. The monoisotopic (exact) mass is 254 g/mol. The Morgan fingerprint density at radius 3 is 2.72 bits per heavy atom. The molecule has 3 nitrogen and oxygen atoms in total. The lowest BCUT2D eigenvalue weighted by Crippen LogP contribution is -2.35. The number of carbonyl (C=O) groups excluding carboxylic acids is 1. The lowest BCUT2D eigenvalue weighted by Gasteiger charge is -2.26. The van der Waals surface area contributed by atoms with E-state index in [0.717, 1.165) is 32.2 Å². The van der Waals surface area contributed by atoms with E-state index in [0.29, 0.717) is 12.3 Å². The summed E-state index contributed by atoms with van der Waals surface area (Å²) < 4.78 is 11.9. The van der Waals surface area contributed by atoms with Crippen LogP contribution in [0.5, 0.6) is 0 Å². The molecule has 2 bridgehead atoms. The molecule has 0 aromatic rings. The van der Waals surface area contributed by atoms with Crippen molar-refractivity contribution in [1.29, 1.82) is 0 Å². The first-order valence-electron chi connectivity index (χ1n) is 7.57. The fraction of sp³-hybridized carbons (Fsp3) is 0.933. The van der Waals surface area contributed by atoms with Gasteiger partial charge in [-0.15, -0.1) is 0 Å². The second kappa shape index (κ2) is 7.25. The minimum absolute atomic E-state index is 0.181. The Morgan fingerprint density at radius 2 is 1.94 bits per heavy atom. The first kappa shape index (κ1) is 14.0. The van der Waals surface area contributed by atoms with Crippen molar-refractivity contribution in [3.05, 3.63) is 0 Å². The Labute approximate surface area is 110 Å². The van der Waals surface area contributed by atoms with Crippen molar-refractivity contribution in [1.82, 2.24) is 0 Å². The summed E-state index contributed by atoms with van der Waals surface area (Å²) in [6.45, 7) is 3.06. The second-order valence-electron chi connectivity index (χ2n) is 5.61. The normalized spacial score (nSPS) is 34.1. The van der Waals surface area contributed by atoms with Gasteiger partial charge >= 0.3 is 0 Å². The molecule has 2 rings (SSSR count). The predicted octanol–water partition coefficient (Wildman–Crippen LogP) is 3.11. The van der Waals surface area contributed by atoms with Crippen LogP contribution in [0.25, 0.3) is 0 Å². The molecular formula is C15H26O3. The van der Waals surface area contributed by atoms with Gasteiger partial charge in [-0.05, 0) is 19.3 Å². The van der Waals surface area contributed by atoms with Crippen molar-refractivity contribution in [3.63, 3.8) is 0 Å². The summed E-state index contributed by atoms with van der Waals surface area (Å²) in [7, 11) is 0. The zero-order valence-electron chi connectivity index (χ0n) is 11.5. The van der Waals surface area contributed by atoms with Crippen molar-refractivity contribution in [3.8, 4) is 0 Å². The van der Waals surface area contributed by atoms with E-state index < -0.39 is 0 Å². The van der Waals surface area contributed by atoms with E-state index in [2.05, 4.69) is 6.92 Å². The number of carbonyl (C=O) groups is 1. The quantitative estimate of drug-likeness (QED) is 0.468. The largest absolute Gasteiger partial charge is 0.375 e. The van der Waals surface area contributed by atoms with Crippen LogP contribution < -0.4 is 0 Å². The Bertz CT molecular complexity index is 254.